The SMILES string of the molecule is Cn1c(=O)n(CCCCOC(=O)C2CCC3OC3C2)c(=O)n(CCOC(=O)C2CCC3OC3C2)c1=O. The van der Waals surface area contributed by atoms with E-state index in [1.165, 1.54) is 7.05 Å². The molecule has 6 atom stereocenters. The van der Waals surface area contributed by atoms with Crippen LogP contribution in [-0.4, -0.2) is 63.3 Å². The van der Waals surface area contributed by atoms with Gasteiger partial charge in [0.05, 0.1) is 49.4 Å². The van der Waals surface area contributed by atoms with Crippen LogP contribution in [0, 0.1) is 11.8 Å². The van der Waals surface area contributed by atoms with Gasteiger partial charge in [-0.25, -0.2) is 28.1 Å². The van der Waals surface area contributed by atoms with E-state index in [9.17, 15) is 24.0 Å². The summed E-state index contributed by atoms with van der Waals surface area (Å²) in [6, 6.07) is 0. The highest BCUT2D eigenvalue weighted by Gasteiger charge is 2.47. The molecule has 0 N–H and O–H groups in total. The van der Waals surface area contributed by atoms with Gasteiger partial charge in [0.1, 0.15) is 6.61 Å². The Labute approximate surface area is 207 Å². The number of carbonyl (C=O) groups is 2. The molecule has 2 saturated heterocycles. The number of fused-ring (bicyclic) bond motifs is 2. The molecule has 0 radical (unpaired) electrons. The number of ether oxygens (including phenoxy) is 4. The lowest BCUT2D eigenvalue weighted by atomic mass is 9.89. The summed E-state index contributed by atoms with van der Waals surface area (Å²) in [4.78, 5) is 62.4. The Bertz CT molecular complexity index is 1180. The first-order valence-electron chi connectivity index (χ1n) is 12.9. The van der Waals surface area contributed by atoms with Crippen molar-refractivity contribution in [2.45, 2.75) is 88.9 Å². The largest absolute Gasteiger partial charge is 0.465 e. The molecule has 0 spiro atoms. The van der Waals surface area contributed by atoms with Crippen molar-refractivity contribution in [3.63, 3.8) is 0 Å². The van der Waals surface area contributed by atoms with Crippen molar-refractivity contribution in [3.8, 4) is 0 Å². The van der Waals surface area contributed by atoms with E-state index in [4.69, 9.17) is 18.9 Å². The van der Waals surface area contributed by atoms with Crippen molar-refractivity contribution < 1.29 is 28.5 Å². The molecule has 12 heteroatoms. The van der Waals surface area contributed by atoms with Gasteiger partial charge in [0.25, 0.3) is 0 Å². The summed E-state index contributed by atoms with van der Waals surface area (Å²) in [5.41, 5.74) is -2.21. The number of epoxide rings is 2. The Morgan fingerprint density at radius 1 is 0.722 bits per heavy atom. The number of aromatic nitrogens is 3. The molecule has 4 fully saturated rings. The Morgan fingerprint density at radius 3 is 1.81 bits per heavy atom. The van der Waals surface area contributed by atoms with Gasteiger partial charge in [0.15, 0.2) is 0 Å². The van der Waals surface area contributed by atoms with Gasteiger partial charge in [-0.3, -0.25) is 9.59 Å². The maximum atomic E-state index is 12.9. The predicted molar refractivity (Wildman–Crippen MR) is 123 cm³/mol. The van der Waals surface area contributed by atoms with Crippen LogP contribution in [0.1, 0.15) is 51.4 Å². The Balaban J connectivity index is 1.10. The summed E-state index contributed by atoms with van der Waals surface area (Å²) in [5.74, 6) is -0.931. The monoisotopic (exact) mass is 507 g/mol. The zero-order chi connectivity index (χ0) is 25.4. The minimum absolute atomic E-state index is 0.0782. The zero-order valence-corrected chi connectivity index (χ0v) is 20.5. The second-order valence-corrected chi connectivity index (χ2v) is 10.2. The van der Waals surface area contributed by atoms with E-state index in [1.54, 1.807) is 0 Å². The van der Waals surface area contributed by atoms with E-state index >= 15 is 0 Å². The van der Waals surface area contributed by atoms with Gasteiger partial charge in [-0.2, -0.15) is 0 Å². The van der Waals surface area contributed by atoms with Gasteiger partial charge in [0.2, 0.25) is 0 Å². The summed E-state index contributed by atoms with van der Waals surface area (Å²) in [6.07, 6.45) is 6.40. The topological polar surface area (TPSA) is 144 Å². The van der Waals surface area contributed by atoms with Gasteiger partial charge < -0.3 is 18.9 Å². The average Bonchev–Trinajstić information content (AvgIpc) is 3.79. The Morgan fingerprint density at radius 2 is 1.25 bits per heavy atom. The predicted octanol–water partition coefficient (Wildman–Crippen LogP) is -0.290. The lowest BCUT2D eigenvalue weighted by Gasteiger charge is -2.18. The summed E-state index contributed by atoms with van der Waals surface area (Å²) < 4.78 is 24.3. The van der Waals surface area contributed by atoms with Crippen LogP contribution < -0.4 is 17.1 Å². The fourth-order valence-corrected chi connectivity index (χ4v) is 5.39. The first-order valence-corrected chi connectivity index (χ1v) is 12.9. The van der Waals surface area contributed by atoms with E-state index in [2.05, 4.69) is 0 Å². The average molecular weight is 508 g/mol. The van der Waals surface area contributed by atoms with Gasteiger partial charge >= 0.3 is 29.0 Å². The van der Waals surface area contributed by atoms with Crippen molar-refractivity contribution in [3.05, 3.63) is 31.5 Å². The maximum absolute atomic E-state index is 12.9. The first-order chi connectivity index (χ1) is 17.3. The Hall–Kier alpha value is -2.73. The van der Waals surface area contributed by atoms with Crippen LogP contribution in [0.15, 0.2) is 14.4 Å². The zero-order valence-electron chi connectivity index (χ0n) is 20.5. The quantitative estimate of drug-likeness (QED) is 0.237. The Kier molecular flexibility index (Phi) is 7.16. The third-order valence-electron chi connectivity index (χ3n) is 7.75. The smallest absolute Gasteiger partial charge is 0.336 e. The number of hydrogen-bond donors (Lipinski definition) is 0. The molecule has 36 heavy (non-hydrogen) atoms. The molecule has 6 unspecified atom stereocenters. The fourth-order valence-electron chi connectivity index (χ4n) is 5.39. The number of carbonyl (C=O) groups excluding carboxylic acids is 2. The second-order valence-electron chi connectivity index (χ2n) is 10.2. The van der Waals surface area contributed by atoms with Crippen molar-refractivity contribution in [1.29, 1.82) is 0 Å². The van der Waals surface area contributed by atoms with Gasteiger partial charge in [-0.15, -0.1) is 0 Å². The lowest BCUT2D eigenvalue weighted by Crippen LogP contribution is -2.54. The fraction of sp³-hybridized carbons (Fsp3) is 0.792. The highest BCUT2D eigenvalue weighted by atomic mass is 16.6. The lowest BCUT2D eigenvalue weighted by molar-refractivity contribution is -0.150. The van der Waals surface area contributed by atoms with E-state index in [1.807, 2.05) is 0 Å². The number of esters is 2. The minimum Gasteiger partial charge on any atom is -0.465 e. The van der Waals surface area contributed by atoms with Gasteiger partial charge in [-0.05, 0) is 51.4 Å². The molecule has 1 aromatic heterocycles. The number of hydrogen-bond acceptors (Lipinski definition) is 9. The summed E-state index contributed by atoms with van der Waals surface area (Å²) >= 11 is 0. The van der Waals surface area contributed by atoms with Crippen LogP contribution in [0.5, 0.6) is 0 Å². The first kappa shape index (κ1) is 24.9. The molecule has 5 rings (SSSR count). The summed E-state index contributed by atoms with van der Waals surface area (Å²) in [6.45, 7) is -0.00368. The van der Waals surface area contributed by atoms with Crippen molar-refractivity contribution >= 4 is 11.9 Å². The van der Waals surface area contributed by atoms with E-state index in [0.717, 1.165) is 33.0 Å². The van der Waals surface area contributed by atoms with Crippen LogP contribution in [0.3, 0.4) is 0 Å². The number of rotatable bonds is 10. The standard InChI is InChI=1S/C24H33N3O9/c1-25-22(30)26(8-2-3-10-33-20(28)14-4-6-16-18(12-14)35-16)24(32)27(23(25)31)9-11-34-21(29)15-5-7-17-19(13-15)36-17/h14-19H,2-13H2,1H3. The highest BCUT2D eigenvalue weighted by Crippen LogP contribution is 2.40. The molecule has 2 aliphatic heterocycles. The van der Waals surface area contributed by atoms with Crippen LogP contribution in [0.25, 0.3) is 0 Å². The molecule has 2 saturated carbocycles. The highest BCUT2D eigenvalue weighted by molar-refractivity contribution is 5.73. The van der Waals surface area contributed by atoms with E-state index in [0.29, 0.717) is 38.2 Å². The van der Waals surface area contributed by atoms with E-state index < -0.39 is 17.1 Å². The summed E-state index contributed by atoms with van der Waals surface area (Å²) in [5, 5.41) is 0. The number of nitrogens with zero attached hydrogens (tertiary/aromatic N) is 3. The van der Waals surface area contributed by atoms with Gasteiger partial charge in [0, 0.05) is 13.6 Å². The molecule has 0 bridgehead atoms. The molecule has 2 aliphatic carbocycles. The van der Waals surface area contributed by atoms with Crippen molar-refractivity contribution in [1.82, 2.24) is 13.7 Å². The molecular formula is C24H33N3O9. The van der Waals surface area contributed by atoms with Crippen LogP contribution >= 0.6 is 0 Å². The molecule has 0 aromatic carbocycles. The van der Waals surface area contributed by atoms with Gasteiger partial charge in [-0.1, -0.05) is 0 Å². The van der Waals surface area contributed by atoms with Crippen molar-refractivity contribution in [2.75, 3.05) is 13.2 Å². The molecule has 0 amide bonds. The van der Waals surface area contributed by atoms with Crippen LogP contribution in [0.4, 0.5) is 0 Å². The van der Waals surface area contributed by atoms with Crippen LogP contribution in [0.2, 0.25) is 0 Å². The third kappa shape index (κ3) is 5.34. The number of unbranched alkanes of at least 4 members (excludes halogenated alkanes) is 1. The molecule has 4 aliphatic rings. The molecule has 1 aromatic rings. The summed E-state index contributed by atoms with van der Waals surface area (Å²) in [7, 11) is 1.30. The molecule has 3 heterocycles. The molecule has 12 nitrogen and oxygen atoms in total. The third-order valence-corrected chi connectivity index (χ3v) is 7.75. The minimum atomic E-state index is -0.757. The van der Waals surface area contributed by atoms with Crippen molar-refractivity contribution in [2.24, 2.45) is 18.9 Å². The molecular weight excluding hydrogens is 474 g/mol. The maximum Gasteiger partial charge on any atom is 0.336 e. The van der Waals surface area contributed by atoms with Crippen LogP contribution in [-0.2, 0) is 48.7 Å². The second kappa shape index (κ2) is 10.3. The normalized spacial score (nSPS) is 30.1. The van der Waals surface area contributed by atoms with E-state index in [-0.39, 0.29) is 68.4 Å². The molecule has 198 valence electrons.